The van der Waals surface area contributed by atoms with Crippen molar-refractivity contribution in [2.24, 2.45) is 0 Å². The summed E-state index contributed by atoms with van der Waals surface area (Å²) in [6.45, 7) is 4.17. The first-order chi connectivity index (χ1) is 12.1. The first-order valence-electron chi connectivity index (χ1n) is 8.53. The minimum atomic E-state index is 0.0832. The van der Waals surface area contributed by atoms with E-state index in [1.165, 1.54) is 11.4 Å². The van der Waals surface area contributed by atoms with E-state index in [0.29, 0.717) is 5.75 Å². The molecule has 25 heavy (non-hydrogen) atoms. The number of pyridine rings is 1. The van der Waals surface area contributed by atoms with Crippen LogP contribution in [0.3, 0.4) is 0 Å². The van der Waals surface area contributed by atoms with E-state index in [4.69, 9.17) is 0 Å². The van der Waals surface area contributed by atoms with Gasteiger partial charge in [-0.1, -0.05) is 24.3 Å². The molecule has 1 aliphatic rings. The summed E-state index contributed by atoms with van der Waals surface area (Å²) in [5, 5.41) is 10.0. The molecular weight excluding hydrogens is 312 g/mol. The maximum atomic E-state index is 10.0. The summed E-state index contributed by atoms with van der Waals surface area (Å²) < 4.78 is 2.15. The Morgan fingerprint density at radius 3 is 2.36 bits per heavy atom. The van der Waals surface area contributed by atoms with E-state index in [0.717, 1.165) is 23.4 Å². The van der Waals surface area contributed by atoms with Crippen LogP contribution in [0.5, 0.6) is 5.75 Å². The van der Waals surface area contributed by atoms with Gasteiger partial charge in [-0.05, 0) is 50.1 Å². The lowest BCUT2D eigenvalue weighted by molar-refractivity contribution is 0.453. The first-order valence-corrected chi connectivity index (χ1v) is 8.53. The van der Waals surface area contributed by atoms with Crippen LogP contribution in [0, 0.1) is 13.8 Å². The zero-order chi connectivity index (χ0) is 17.4. The van der Waals surface area contributed by atoms with Crippen molar-refractivity contribution in [3.63, 3.8) is 0 Å². The molecule has 5 heteroatoms. The largest absolute Gasteiger partial charge is 0.508 e. The van der Waals surface area contributed by atoms with Crippen LogP contribution in [0.1, 0.15) is 41.0 Å². The predicted octanol–water partition coefficient (Wildman–Crippen LogP) is 3.48. The molecule has 0 amide bonds. The molecule has 0 bridgehead atoms. The van der Waals surface area contributed by atoms with Gasteiger partial charge in [0.25, 0.3) is 0 Å². The lowest BCUT2D eigenvalue weighted by Crippen LogP contribution is -2.26. The SMILES string of the molecule is Cc1ccc(C)n1-c1ccc(C2CC(c3ccccc3O)NN2)cn1. The van der Waals surface area contributed by atoms with Gasteiger partial charge in [-0.2, -0.15) is 0 Å². The van der Waals surface area contributed by atoms with Crippen molar-refractivity contribution in [3.05, 3.63) is 77.2 Å². The topological polar surface area (TPSA) is 62.1 Å². The number of rotatable bonds is 3. The van der Waals surface area contributed by atoms with Gasteiger partial charge in [0, 0.05) is 29.2 Å². The number of aromatic nitrogens is 2. The lowest BCUT2D eigenvalue weighted by Gasteiger charge is -2.13. The van der Waals surface area contributed by atoms with Gasteiger partial charge in [0.05, 0.1) is 6.04 Å². The Bertz CT molecular complexity index is 865. The smallest absolute Gasteiger partial charge is 0.136 e. The zero-order valence-corrected chi connectivity index (χ0v) is 14.4. The van der Waals surface area contributed by atoms with Crippen LogP contribution in [-0.2, 0) is 0 Å². The van der Waals surface area contributed by atoms with Crippen molar-refractivity contribution in [3.8, 4) is 11.6 Å². The molecule has 3 aromatic rings. The normalized spacial score (nSPS) is 20.1. The van der Waals surface area contributed by atoms with E-state index >= 15 is 0 Å². The Hall–Kier alpha value is -2.63. The van der Waals surface area contributed by atoms with Crippen LogP contribution in [0.4, 0.5) is 0 Å². The fourth-order valence-electron chi connectivity index (χ4n) is 3.53. The average molecular weight is 334 g/mol. The maximum absolute atomic E-state index is 10.0. The third kappa shape index (κ3) is 2.92. The summed E-state index contributed by atoms with van der Waals surface area (Å²) in [7, 11) is 0. The van der Waals surface area contributed by atoms with Crippen LogP contribution >= 0.6 is 0 Å². The van der Waals surface area contributed by atoms with Gasteiger partial charge >= 0.3 is 0 Å². The van der Waals surface area contributed by atoms with Gasteiger partial charge in [-0.25, -0.2) is 15.8 Å². The number of phenolic OH excluding ortho intramolecular Hbond substituents is 1. The number of hydrogen-bond donors (Lipinski definition) is 3. The fourth-order valence-corrected chi connectivity index (χ4v) is 3.53. The summed E-state index contributed by atoms with van der Waals surface area (Å²) >= 11 is 0. The highest BCUT2D eigenvalue weighted by Gasteiger charge is 2.27. The molecule has 1 fully saturated rings. The van der Waals surface area contributed by atoms with Gasteiger partial charge < -0.3 is 9.67 Å². The second-order valence-corrected chi connectivity index (χ2v) is 6.59. The minimum absolute atomic E-state index is 0.0832. The fraction of sp³-hybridized carbons (Fsp3) is 0.250. The Kier molecular flexibility index (Phi) is 4.03. The van der Waals surface area contributed by atoms with Crippen molar-refractivity contribution in [2.75, 3.05) is 0 Å². The lowest BCUT2D eigenvalue weighted by atomic mass is 9.98. The molecule has 2 atom stereocenters. The number of nitrogens with one attached hydrogen (secondary N) is 2. The molecule has 1 saturated heterocycles. The number of phenols is 1. The van der Waals surface area contributed by atoms with Crippen molar-refractivity contribution in [1.29, 1.82) is 0 Å². The third-order valence-electron chi connectivity index (χ3n) is 4.89. The second kappa shape index (κ2) is 6.35. The summed E-state index contributed by atoms with van der Waals surface area (Å²) in [6, 6.07) is 16.1. The highest BCUT2D eigenvalue weighted by atomic mass is 16.3. The molecule has 2 aromatic heterocycles. The molecule has 1 aliphatic heterocycles. The molecule has 2 unspecified atom stereocenters. The maximum Gasteiger partial charge on any atom is 0.136 e. The number of aryl methyl sites for hydroxylation is 2. The van der Waals surface area contributed by atoms with Crippen LogP contribution in [0.15, 0.2) is 54.7 Å². The number of hydrazine groups is 1. The quantitative estimate of drug-likeness (QED) is 0.686. The Morgan fingerprint density at radius 1 is 0.960 bits per heavy atom. The number of aromatic hydroxyl groups is 1. The summed E-state index contributed by atoms with van der Waals surface area (Å²) in [5.74, 6) is 1.27. The molecule has 128 valence electrons. The molecule has 0 spiro atoms. The van der Waals surface area contributed by atoms with Gasteiger partial charge in [0.1, 0.15) is 11.6 Å². The van der Waals surface area contributed by atoms with Crippen LogP contribution in [0.25, 0.3) is 5.82 Å². The molecule has 0 radical (unpaired) electrons. The van der Waals surface area contributed by atoms with E-state index in [-0.39, 0.29) is 12.1 Å². The van der Waals surface area contributed by atoms with Crippen LogP contribution < -0.4 is 10.9 Å². The molecule has 0 aliphatic carbocycles. The van der Waals surface area contributed by atoms with E-state index in [2.05, 4.69) is 58.5 Å². The standard InChI is InChI=1S/C20H22N4O/c1-13-7-8-14(2)24(13)20-10-9-15(12-21-20)17-11-18(23-22-17)16-5-3-4-6-19(16)25/h3-10,12,17-18,22-23,25H,11H2,1-2H3. The van der Waals surface area contributed by atoms with Gasteiger partial charge in [-0.15, -0.1) is 0 Å². The zero-order valence-electron chi connectivity index (χ0n) is 14.4. The average Bonchev–Trinajstić information content (AvgIpc) is 3.23. The number of para-hydroxylation sites is 1. The second-order valence-electron chi connectivity index (χ2n) is 6.59. The van der Waals surface area contributed by atoms with Crippen molar-refractivity contribution >= 4 is 0 Å². The van der Waals surface area contributed by atoms with Crippen molar-refractivity contribution < 1.29 is 5.11 Å². The molecule has 4 rings (SSSR count). The van der Waals surface area contributed by atoms with Crippen LogP contribution in [0.2, 0.25) is 0 Å². The van der Waals surface area contributed by atoms with Gasteiger partial charge in [0.15, 0.2) is 0 Å². The molecule has 1 aromatic carbocycles. The van der Waals surface area contributed by atoms with Crippen molar-refractivity contribution in [1.82, 2.24) is 20.4 Å². The highest BCUT2D eigenvalue weighted by molar-refractivity contribution is 5.37. The Labute approximate surface area is 147 Å². The number of hydrogen-bond acceptors (Lipinski definition) is 4. The minimum Gasteiger partial charge on any atom is -0.508 e. The van der Waals surface area contributed by atoms with Crippen molar-refractivity contribution in [2.45, 2.75) is 32.4 Å². The summed E-state index contributed by atoms with van der Waals surface area (Å²) in [4.78, 5) is 4.65. The Balaban J connectivity index is 1.53. The van der Waals surface area contributed by atoms with E-state index in [9.17, 15) is 5.11 Å². The monoisotopic (exact) mass is 334 g/mol. The molecule has 3 heterocycles. The van der Waals surface area contributed by atoms with E-state index in [1.807, 2.05) is 24.4 Å². The third-order valence-corrected chi connectivity index (χ3v) is 4.89. The predicted molar refractivity (Wildman–Crippen MR) is 97.5 cm³/mol. The number of benzene rings is 1. The van der Waals surface area contributed by atoms with Gasteiger partial charge in [-0.3, -0.25) is 0 Å². The summed E-state index contributed by atoms with van der Waals surface area (Å²) in [5.41, 5.74) is 11.0. The molecular formula is C20H22N4O. The van der Waals surface area contributed by atoms with Crippen LogP contribution in [-0.4, -0.2) is 14.7 Å². The number of nitrogens with zero attached hydrogens (tertiary/aromatic N) is 2. The first kappa shape index (κ1) is 15.9. The van der Waals surface area contributed by atoms with E-state index in [1.54, 1.807) is 6.07 Å². The molecule has 5 nitrogen and oxygen atoms in total. The Morgan fingerprint density at radius 2 is 1.68 bits per heavy atom. The molecule has 0 saturated carbocycles. The summed E-state index contributed by atoms with van der Waals surface area (Å²) in [6.07, 6.45) is 2.79. The van der Waals surface area contributed by atoms with E-state index < -0.39 is 0 Å². The van der Waals surface area contributed by atoms with Gasteiger partial charge in [0.2, 0.25) is 0 Å². The highest BCUT2D eigenvalue weighted by Crippen LogP contribution is 2.34. The molecule has 3 N–H and O–H groups in total.